The Bertz CT molecular complexity index is 2140. The first kappa shape index (κ1) is 25.3. The molecule has 0 N–H and O–H groups in total. The van der Waals surface area contributed by atoms with Crippen molar-refractivity contribution in [1.29, 1.82) is 0 Å². The van der Waals surface area contributed by atoms with Gasteiger partial charge in [0, 0.05) is 42.4 Å². The normalized spacial score (nSPS) is 11.3. The average Bonchev–Trinajstić information content (AvgIpc) is 3.48. The van der Waals surface area contributed by atoms with Gasteiger partial charge >= 0.3 is 0 Å². The summed E-state index contributed by atoms with van der Waals surface area (Å²) in [4.78, 5) is 10.3. The zero-order valence-electron chi connectivity index (χ0n) is 23.3. The second-order valence-electron chi connectivity index (χ2n) is 10.6. The van der Waals surface area contributed by atoms with Crippen molar-refractivity contribution < 1.29 is 0 Å². The summed E-state index contributed by atoms with van der Waals surface area (Å²) in [5.41, 5.74) is 9.77. The van der Waals surface area contributed by atoms with Crippen LogP contribution in [0.15, 0.2) is 158 Å². The van der Waals surface area contributed by atoms with Crippen LogP contribution < -0.4 is 0 Å². The second-order valence-corrected chi connectivity index (χ2v) is 11.7. The Morgan fingerprint density at radius 2 is 0.953 bits per heavy atom. The van der Waals surface area contributed by atoms with E-state index in [0.717, 1.165) is 33.9 Å². The molecule has 0 saturated heterocycles. The Kier molecular flexibility index (Phi) is 6.36. The quantitative estimate of drug-likeness (QED) is 0.207. The Labute approximate surface area is 254 Å². The number of rotatable bonds is 5. The van der Waals surface area contributed by atoms with Crippen LogP contribution in [-0.4, -0.2) is 9.97 Å². The summed E-state index contributed by atoms with van der Waals surface area (Å²) in [6.45, 7) is 0. The lowest BCUT2D eigenvalue weighted by Gasteiger charge is -2.15. The van der Waals surface area contributed by atoms with Gasteiger partial charge in [-0.15, -0.1) is 11.3 Å². The minimum atomic E-state index is 0.720. The van der Waals surface area contributed by atoms with Gasteiger partial charge < -0.3 is 0 Å². The van der Waals surface area contributed by atoms with Gasteiger partial charge in [-0.2, -0.15) is 0 Å². The predicted octanol–water partition coefficient (Wildman–Crippen LogP) is 11.2. The Hall–Kier alpha value is -5.38. The summed E-state index contributed by atoms with van der Waals surface area (Å²) in [5, 5.41) is 2.54. The lowest BCUT2D eigenvalue weighted by Crippen LogP contribution is -1.97. The van der Waals surface area contributed by atoms with Crippen molar-refractivity contribution >= 4 is 31.5 Å². The third kappa shape index (κ3) is 4.70. The molecule has 2 heterocycles. The molecule has 0 aliphatic rings. The number of aromatic nitrogens is 2. The smallest absolute Gasteiger partial charge is 0.160 e. The van der Waals surface area contributed by atoms with Gasteiger partial charge in [-0.05, 0) is 34.9 Å². The van der Waals surface area contributed by atoms with Gasteiger partial charge in [-0.25, -0.2) is 9.97 Å². The summed E-state index contributed by atoms with van der Waals surface area (Å²) >= 11 is 1.84. The molecule has 8 aromatic rings. The summed E-state index contributed by atoms with van der Waals surface area (Å²) in [6, 6.07) is 55.5. The van der Waals surface area contributed by atoms with Gasteiger partial charge in [0.2, 0.25) is 0 Å². The monoisotopic (exact) mass is 566 g/mol. The van der Waals surface area contributed by atoms with E-state index in [0.29, 0.717) is 0 Å². The number of thiophene rings is 1. The molecule has 0 atom stereocenters. The minimum Gasteiger partial charge on any atom is -0.228 e. The van der Waals surface area contributed by atoms with Crippen molar-refractivity contribution in [2.24, 2.45) is 0 Å². The van der Waals surface area contributed by atoms with E-state index in [9.17, 15) is 0 Å². The van der Waals surface area contributed by atoms with Crippen LogP contribution in [-0.2, 0) is 0 Å². The van der Waals surface area contributed by atoms with E-state index in [-0.39, 0.29) is 0 Å². The van der Waals surface area contributed by atoms with Gasteiger partial charge in [0.05, 0.1) is 11.4 Å². The van der Waals surface area contributed by atoms with Crippen LogP contribution in [0, 0.1) is 0 Å². The van der Waals surface area contributed by atoms with E-state index >= 15 is 0 Å². The standard InChI is InChI=1S/C40H26N2S/c1-4-12-27(13-5-1)28-20-22-30(23-21-28)38-32(24-25-37-39(38)33-18-10-11-19-36(33)43-37)35-26-34(29-14-6-2-7-15-29)41-40(42-35)31-16-8-3-9-17-31/h1-26H. The molecule has 3 heteroatoms. The highest BCUT2D eigenvalue weighted by molar-refractivity contribution is 7.26. The molecule has 0 aliphatic carbocycles. The number of nitrogens with zero attached hydrogens (tertiary/aromatic N) is 2. The summed E-state index contributed by atoms with van der Waals surface area (Å²) < 4.78 is 2.56. The lowest BCUT2D eigenvalue weighted by molar-refractivity contribution is 1.18. The van der Waals surface area contributed by atoms with Gasteiger partial charge in [0.15, 0.2) is 5.82 Å². The van der Waals surface area contributed by atoms with Crippen molar-refractivity contribution in [3.8, 4) is 56.2 Å². The van der Waals surface area contributed by atoms with Crippen LogP contribution in [0.25, 0.3) is 76.3 Å². The number of fused-ring (bicyclic) bond motifs is 3. The zero-order valence-corrected chi connectivity index (χ0v) is 24.1. The Morgan fingerprint density at radius 1 is 0.395 bits per heavy atom. The third-order valence-corrected chi connectivity index (χ3v) is 9.06. The van der Waals surface area contributed by atoms with Crippen LogP contribution in [0.2, 0.25) is 0 Å². The summed E-state index contributed by atoms with van der Waals surface area (Å²) in [7, 11) is 0. The van der Waals surface area contributed by atoms with Gasteiger partial charge in [-0.3, -0.25) is 0 Å². The van der Waals surface area contributed by atoms with Crippen molar-refractivity contribution in [2.75, 3.05) is 0 Å². The van der Waals surface area contributed by atoms with Gasteiger partial charge in [0.1, 0.15) is 0 Å². The Morgan fingerprint density at radius 3 is 1.67 bits per heavy atom. The molecule has 8 rings (SSSR count). The first-order chi connectivity index (χ1) is 21.3. The maximum Gasteiger partial charge on any atom is 0.160 e. The largest absolute Gasteiger partial charge is 0.228 e. The molecule has 6 aromatic carbocycles. The highest BCUT2D eigenvalue weighted by atomic mass is 32.1. The molecule has 0 amide bonds. The molecule has 0 fully saturated rings. The van der Waals surface area contributed by atoms with Crippen molar-refractivity contribution in [3.05, 3.63) is 158 Å². The molecule has 0 saturated carbocycles. The van der Waals surface area contributed by atoms with Crippen LogP contribution in [0.1, 0.15) is 0 Å². The van der Waals surface area contributed by atoms with Gasteiger partial charge in [0.25, 0.3) is 0 Å². The van der Waals surface area contributed by atoms with Crippen molar-refractivity contribution in [3.63, 3.8) is 0 Å². The Balaban J connectivity index is 1.40. The average molecular weight is 567 g/mol. The molecule has 43 heavy (non-hydrogen) atoms. The third-order valence-electron chi connectivity index (χ3n) is 7.93. The zero-order chi connectivity index (χ0) is 28.6. The molecule has 202 valence electrons. The van der Waals surface area contributed by atoms with Crippen LogP contribution in [0.5, 0.6) is 0 Å². The minimum absolute atomic E-state index is 0.720. The maximum atomic E-state index is 5.21. The summed E-state index contributed by atoms with van der Waals surface area (Å²) in [5.74, 6) is 0.720. The van der Waals surface area contributed by atoms with Crippen molar-refractivity contribution in [2.45, 2.75) is 0 Å². The maximum absolute atomic E-state index is 5.21. The molecule has 0 radical (unpaired) electrons. The lowest BCUT2D eigenvalue weighted by atomic mass is 9.91. The SMILES string of the molecule is c1ccc(-c2ccc(-c3c(-c4cc(-c5ccccc5)nc(-c5ccccc5)n4)ccc4sc5ccccc5c34)cc2)cc1. The fourth-order valence-corrected chi connectivity index (χ4v) is 6.96. The van der Waals surface area contributed by atoms with E-state index in [2.05, 4.69) is 133 Å². The fraction of sp³-hybridized carbons (Fsp3) is 0. The summed E-state index contributed by atoms with van der Waals surface area (Å²) in [6.07, 6.45) is 0. The van der Waals surface area contributed by atoms with E-state index in [1.54, 1.807) is 0 Å². The highest BCUT2D eigenvalue weighted by Gasteiger charge is 2.19. The number of hydrogen-bond acceptors (Lipinski definition) is 3. The molecular formula is C40H26N2S. The second kappa shape index (κ2) is 10.8. The predicted molar refractivity (Wildman–Crippen MR) is 182 cm³/mol. The number of hydrogen-bond donors (Lipinski definition) is 0. The topological polar surface area (TPSA) is 25.8 Å². The number of benzene rings is 6. The van der Waals surface area contributed by atoms with Crippen molar-refractivity contribution in [1.82, 2.24) is 9.97 Å². The van der Waals surface area contributed by atoms with E-state index in [1.165, 1.54) is 42.4 Å². The molecule has 2 aromatic heterocycles. The van der Waals surface area contributed by atoms with Crippen LogP contribution >= 0.6 is 11.3 Å². The fourth-order valence-electron chi connectivity index (χ4n) is 5.85. The first-order valence-electron chi connectivity index (χ1n) is 14.4. The highest BCUT2D eigenvalue weighted by Crippen LogP contribution is 2.45. The molecule has 0 unspecified atom stereocenters. The van der Waals surface area contributed by atoms with Crippen LogP contribution in [0.4, 0.5) is 0 Å². The van der Waals surface area contributed by atoms with Gasteiger partial charge in [-0.1, -0.05) is 140 Å². The van der Waals surface area contributed by atoms with E-state index in [4.69, 9.17) is 9.97 Å². The molecular weight excluding hydrogens is 541 g/mol. The molecule has 0 aliphatic heterocycles. The first-order valence-corrected chi connectivity index (χ1v) is 15.2. The van der Waals surface area contributed by atoms with E-state index < -0.39 is 0 Å². The van der Waals surface area contributed by atoms with Crippen LogP contribution in [0.3, 0.4) is 0 Å². The molecule has 0 spiro atoms. The molecule has 0 bridgehead atoms. The molecule has 2 nitrogen and oxygen atoms in total. The van der Waals surface area contributed by atoms with E-state index in [1.807, 2.05) is 35.6 Å².